The summed E-state index contributed by atoms with van der Waals surface area (Å²) in [6.45, 7) is 0.745. The van der Waals surface area contributed by atoms with Crippen LogP contribution in [0.5, 0.6) is 17.2 Å². The molecule has 0 bridgehead atoms. The van der Waals surface area contributed by atoms with Gasteiger partial charge in [-0.1, -0.05) is 48.5 Å². The second-order valence-corrected chi connectivity index (χ2v) is 6.88. The zero-order chi connectivity index (χ0) is 22.2. The number of nitrogens with zero attached hydrogens (tertiary/aromatic N) is 1. The molecule has 4 rings (SSSR count). The molecule has 1 aliphatic heterocycles. The van der Waals surface area contributed by atoms with Crippen molar-refractivity contribution in [2.45, 2.75) is 13.2 Å². The van der Waals surface area contributed by atoms with Crippen LogP contribution in [0.25, 0.3) is 0 Å². The van der Waals surface area contributed by atoms with Crippen LogP contribution < -0.4 is 25.0 Å². The Labute approximate surface area is 184 Å². The SMILES string of the molecule is O=C(NCc1ccc2c(c1)OCO2)C(=O)N/N=C\c1ccccc1OCc1ccccc1. The van der Waals surface area contributed by atoms with Crippen molar-refractivity contribution >= 4 is 18.0 Å². The fourth-order valence-corrected chi connectivity index (χ4v) is 2.98. The summed E-state index contributed by atoms with van der Waals surface area (Å²) in [5.41, 5.74) is 4.71. The van der Waals surface area contributed by atoms with Crippen LogP contribution in [0.15, 0.2) is 77.9 Å². The van der Waals surface area contributed by atoms with Crippen LogP contribution in [0.2, 0.25) is 0 Å². The van der Waals surface area contributed by atoms with E-state index in [0.29, 0.717) is 29.4 Å². The van der Waals surface area contributed by atoms with E-state index in [9.17, 15) is 9.59 Å². The molecule has 162 valence electrons. The summed E-state index contributed by atoms with van der Waals surface area (Å²) in [7, 11) is 0. The van der Waals surface area contributed by atoms with Crippen LogP contribution in [-0.4, -0.2) is 24.8 Å². The lowest BCUT2D eigenvalue weighted by Gasteiger charge is -2.09. The van der Waals surface area contributed by atoms with E-state index in [4.69, 9.17) is 14.2 Å². The first-order chi connectivity index (χ1) is 15.7. The number of hydrazone groups is 1. The number of benzene rings is 3. The van der Waals surface area contributed by atoms with Gasteiger partial charge in [-0.25, -0.2) is 5.43 Å². The molecular weight excluding hydrogens is 410 g/mol. The van der Waals surface area contributed by atoms with Crippen molar-refractivity contribution in [2.75, 3.05) is 6.79 Å². The van der Waals surface area contributed by atoms with Crippen molar-refractivity contribution in [1.82, 2.24) is 10.7 Å². The third-order valence-electron chi connectivity index (χ3n) is 4.62. The van der Waals surface area contributed by atoms with Gasteiger partial charge in [0.1, 0.15) is 12.4 Å². The molecule has 0 aromatic heterocycles. The Morgan fingerprint density at radius 1 is 0.906 bits per heavy atom. The normalized spacial score (nSPS) is 11.9. The molecule has 3 aromatic carbocycles. The van der Waals surface area contributed by atoms with Gasteiger partial charge < -0.3 is 19.5 Å². The maximum atomic E-state index is 12.0. The Morgan fingerprint density at radius 3 is 2.56 bits per heavy atom. The molecule has 0 unspecified atom stereocenters. The van der Waals surface area contributed by atoms with E-state index in [1.165, 1.54) is 6.21 Å². The van der Waals surface area contributed by atoms with E-state index >= 15 is 0 Å². The second kappa shape index (κ2) is 10.1. The summed E-state index contributed by atoms with van der Waals surface area (Å²) in [4.78, 5) is 24.1. The first-order valence-corrected chi connectivity index (χ1v) is 9.94. The number of para-hydroxylation sites is 1. The largest absolute Gasteiger partial charge is 0.488 e. The Morgan fingerprint density at radius 2 is 1.69 bits per heavy atom. The molecule has 1 aliphatic rings. The van der Waals surface area contributed by atoms with Gasteiger partial charge >= 0.3 is 11.8 Å². The number of hydrogen-bond acceptors (Lipinski definition) is 6. The van der Waals surface area contributed by atoms with E-state index in [1.54, 1.807) is 24.3 Å². The summed E-state index contributed by atoms with van der Waals surface area (Å²) in [6.07, 6.45) is 1.43. The predicted molar refractivity (Wildman–Crippen MR) is 117 cm³/mol. The number of hydrogen-bond donors (Lipinski definition) is 2. The molecule has 0 aliphatic carbocycles. The van der Waals surface area contributed by atoms with Crippen LogP contribution in [0.1, 0.15) is 16.7 Å². The number of ether oxygens (including phenoxy) is 3. The van der Waals surface area contributed by atoms with Gasteiger partial charge in [-0.2, -0.15) is 5.10 Å². The standard InChI is InChI=1S/C24H21N3O5/c28-23(25-13-18-10-11-21-22(12-18)32-16-31-21)24(29)27-26-14-19-8-4-5-9-20(19)30-15-17-6-2-1-3-7-17/h1-12,14H,13,15-16H2,(H,25,28)(H,27,29)/b26-14-. The van der Waals surface area contributed by atoms with Crippen molar-refractivity contribution in [3.63, 3.8) is 0 Å². The lowest BCUT2D eigenvalue weighted by Crippen LogP contribution is -2.37. The lowest BCUT2D eigenvalue weighted by molar-refractivity contribution is -0.139. The Bertz CT molecular complexity index is 1130. The van der Waals surface area contributed by atoms with Gasteiger partial charge in [0.05, 0.1) is 6.21 Å². The van der Waals surface area contributed by atoms with Crippen LogP contribution in [0.4, 0.5) is 0 Å². The van der Waals surface area contributed by atoms with E-state index in [-0.39, 0.29) is 13.3 Å². The predicted octanol–water partition coefficient (Wildman–Crippen LogP) is 2.76. The summed E-state index contributed by atoms with van der Waals surface area (Å²) in [5, 5.41) is 6.42. The van der Waals surface area contributed by atoms with Gasteiger partial charge in [-0.15, -0.1) is 0 Å². The first kappa shape index (κ1) is 20.9. The molecule has 0 fully saturated rings. The Kier molecular flexibility index (Phi) is 6.62. The van der Waals surface area contributed by atoms with Gasteiger partial charge in [0, 0.05) is 12.1 Å². The van der Waals surface area contributed by atoms with Gasteiger partial charge in [-0.3, -0.25) is 9.59 Å². The van der Waals surface area contributed by atoms with Crippen LogP contribution in [0.3, 0.4) is 0 Å². The zero-order valence-corrected chi connectivity index (χ0v) is 17.1. The van der Waals surface area contributed by atoms with Crippen LogP contribution in [0, 0.1) is 0 Å². The lowest BCUT2D eigenvalue weighted by atomic mass is 10.2. The minimum Gasteiger partial charge on any atom is -0.488 e. The molecule has 32 heavy (non-hydrogen) atoms. The van der Waals surface area contributed by atoms with Crippen molar-refractivity contribution in [3.05, 3.63) is 89.5 Å². The average molecular weight is 431 g/mol. The van der Waals surface area contributed by atoms with E-state index in [0.717, 1.165) is 11.1 Å². The number of rotatable bonds is 7. The number of amides is 2. The van der Waals surface area contributed by atoms with Gasteiger partial charge in [0.2, 0.25) is 6.79 Å². The van der Waals surface area contributed by atoms with Crippen molar-refractivity contribution in [2.24, 2.45) is 5.10 Å². The summed E-state index contributed by atoms with van der Waals surface area (Å²) >= 11 is 0. The fraction of sp³-hybridized carbons (Fsp3) is 0.125. The average Bonchev–Trinajstić information content (AvgIpc) is 3.30. The van der Waals surface area contributed by atoms with Crippen molar-refractivity contribution < 1.29 is 23.8 Å². The van der Waals surface area contributed by atoms with Gasteiger partial charge in [-0.05, 0) is 35.4 Å². The first-order valence-electron chi connectivity index (χ1n) is 9.94. The summed E-state index contributed by atoms with van der Waals surface area (Å²) < 4.78 is 16.4. The smallest absolute Gasteiger partial charge is 0.329 e. The topological polar surface area (TPSA) is 98.2 Å². The molecule has 2 amide bonds. The quantitative estimate of drug-likeness (QED) is 0.341. The molecule has 8 heteroatoms. The molecular formula is C24H21N3O5. The highest BCUT2D eigenvalue weighted by atomic mass is 16.7. The number of fused-ring (bicyclic) bond motifs is 1. The zero-order valence-electron chi connectivity index (χ0n) is 17.1. The van der Waals surface area contributed by atoms with Crippen LogP contribution in [-0.2, 0) is 22.7 Å². The highest BCUT2D eigenvalue weighted by Gasteiger charge is 2.15. The van der Waals surface area contributed by atoms with Crippen molar-refractivity contribution in [3.8, 4) is 17.2 Å². The number of carbonyl (C=O) groups is 2. The van der Waals surface area contributed by atoms with Gasteiger partial charge in [0.25, 0.3) is 0 Å². The van der Waals surface area contributed by atoms with Gasteiger partial charge in [0.15, 0.2) is 11.5 Å². The molecule has 0 saturated carbocycles. The number of nitrogens with one attached hydrogen (secondary N) is 2. The molecule has 1 heterocycles. The second-order valence-electron chi connectivity index (χ2n) is 6.88. The van der Waals surface area contributed by atoms with E-state index in [1.807, 2.05) is 48.5 Å². The molecule has 3 aromatic rings. The maximum Gasteiger partial charge on any atom is 0.329 e. The molecule has 0 radical (unpaired) electrons. The van der Waals surface area contributed by atoms with E-state index in [2.05, 4.69) is 15.8 Å². The Balaban J connectivity index is 1.28. The van der Waals surface area contributed by atoms with E-state index < -0.39 is 11.8 Å². The number of carbonyl (C=O) groups excluding carboxylic acids is 2. The maximum absolute atomic E-state index is 12.0. The summed E-state index contributed by atoms with van der Waals surface area (Å²) in [5.74, 6) is 0.207. The highest BCUT2D eigenvalue weighted by Crippen LogP contribution is 2.32. The molecule has 0 spiro atoms. The van der Waals surface area contributed by atoms with Crippen molar-refractivity contribution in [1.29, 1.82) is 0 Å². The Hall–Kier alpha value is -4.33. The monoisotopic (exact) mass is 431 g/mol. The third kappa shape index (κ3) is 5.42. The molecule has 0 atom stereocenters. The highest BCUT2D eigenvalue weighted by molar-refractivity contribution is 6.35. The fourth-order valence-electron chi connectivity index (χ4n) is 2.98. The summed E-state index contributed by atoms with van der Waals surface area (Å²) in [6, 6.07) is 22.4. The minimum atomic E-state index is -0.871. The molecule has 2 N–H and O–H groups in total. The minimum absolute atomic E-state index is 0.169. The molecule has 8 nitrogen and oxygen atoms in total. The third-order valence-corrected chi connectivity index (χ3v) is 4.62. The molecule has 0 saturated heterocycles. The van der Waals surface area contributed by atoms with Crippen LogP contribution >= 0.6 is 0 Å².